The first-order chi connectivity index (χ1) is 38.7. The number of rotatable bonds is 17. The first-order valence-corrected chi connectivity index (χ1v) is 29.6. The van der Waals surface area contributed by atoms with Crippen molar-refractivity contribution in [1.29, 1.82) is 0 Å². The molecule has 12 rings (SSSR count). The Bertz CT molecular complexity index is 3610. The molecule has 0 unspecified atom stereocenters. The topological polar surface area (TPSA) is 52.9 Å². The Morgan fingerprint density at radius 3 is 0.512 bits per heavy atom. The fourth-order valence-corrected chi connectivity index (χ4v) is 11.8. The molecular formula is C68H88Br6N12. The number of nitrogens with zero attached hydrogens (tertiary/aromatic N) is 12. The Kier molecular flexibility index (Phi) is 28.2. The molecule has 18 heteroatoms. The largest absolute Gasteiger partial charge is 1.00 e. The van der Waals surface area contributed by atoms with Crippen LogP contribution in [0.15, 0.2) is 184 Å². The molecule has 0 aliphatic heterocycles. The van der Waals surface area contributed by atoms with E-state index in [2.05, 4.69) is 321 Å². The minimum atomic E-state index is 0. The van der Waals surface area contributed by atoms with Crippen LogP contribution in [0.25, 0.3) is 66.2 Å². The molecule has 0 fully saturated rings. The standard InChI is InChI=1S/2C23H30N4.C22H28N4.6BrH/c2*1-18(2)26-16-24(20-10-5-7-12-22(20)26)14-9-15-25-17-27(19(3)4)23-13-8-6-11-21(23)25;1-17(2)25-15-23(19-9-5-7-11-21(19)25)13-14-24-16-26(18(3)4)22-12-8-6-10-20(22)24;;;;;;/h2*5-8,10-13,16-19H,9,14-15H2,1-4H3;5-12,15-18H,13-14H2,1-4H3;6*1H/q3*+2;;;;;;/p-6. The maximum absolute atomic E-state index is 2.40. The molecular weight excluding hydrogens is 1460 g/mol. The average Bonchev–Trinajstić information content (AvgIpc) is 4.49. The zero-order valence-corrected chi connectivity index (χ0v) is 61.6. The van der Waals surface area contributed by atoms with Crippen LogP contribution in [-0.2, 0) is 39.3 Å². The zero-order valence-electron chi connectivity index (χ0n) is 52.1. The van der Waals surface area contributed by atoms with Gasteiger partial charge in [-0.3, -0.25) is 0 Å². The summed E-state index contributed by atoms with van der Waals surface area (Å²) in [4.78, 5) is 0. The van der Waals surface area contributed by atoms with Crippen molar-refractivity contribution in [2.24, 2.45) is 0 Å². The lowest BCUT2D eigenvalue weighted by molar-refractivity contribution is -0.755. The van der Waals surface area contributed by atoms with Gasteiger partial charge in [0.05, 0.1) is 62.4 Å². The summed E-state index contributed by atoms with van der Waals surface area (Å²) < 4.78 is 28.5. The zero-order chi connectivity index (χ0) is 56.2. The fourth-order valence-electron chi connectivity index (χ4n) is 11.8. The summed E-state index contributed by atoms with van der Waals surface area (Å²) in [5, 5.41) is 0. The van der Waals surface area contributed by atoms with Crippen LogP contribution in [0.4, 0.5) is 0 Å². The summed E-state index contributed by atoms with van der Waals surface area (Å²) in [6.45, 7) is 32.9. The number of fused-ring (bicyclic) bond motifs is 6. The van der Waals surface area contributed by atoms with Crippen molar-refractivity contribution in [2.75, 3.05) is 0 Å². The third-order valence-electron chi connectivity index (χ3n) is 15.9. The van der Waals surface area contributed by atoms with E-state index in [0.29, 0.717) is 36.3 Å². The second kappa shape index (κ2) is 33.0. The number of benzene rings is 6. The van der Waals surface area contributed by atoms with Gasteiger partial charge in [0, 0.05) is 12.8 Å². The van der Waals surface area contributed by atoms with Crippen molar-refractivity contribution in [3.05, 3.63) is 184 Å². The first kappa shape index (κ1) is 73.5. The van der Waals surface area contributed by atoms with Crippen molar-refractivity contribution < 1.29 is 129 Å². The highest BCUT2D eigenvalue weighted by molar-refractivity contribution is 5.75. The molecule has 0 amide bonds. The van der Waals surface area contributed by atoms with Crippen molar-refractivity contribution in [3.8, 4) is 0 Å². The molecule has 0 atom stereocenters. The molecule has 86 heavy (non-hydrogen) atoms. The maximum Gasteiger partial charge on any atom is 0.245 e. The first-order valence-electron chi connectivity index (χ1n) is 29.6. The third-order valence-corrected chi connectivity index (χ3v) is 15.9. The Balaban J connectivity index is 0.000000267. The van der Waals surface area contributed by atoms with Crippen LogP contribution >= 0.6 is 0 Å². The van der Waals surface area contributed by atoms with Gasteiger partial charge in [0.25, 0.3) is 0 Å². The predicted octanol–water partition coefficient (Wildman–Crippen LogP) is -5.10. The van der Waals surface area contributed by atoms with Gasteiger partial charge in [0.15, 0.2) is 66.2 Å². The molecule has 6 aromatic heterocycles. The van der Waals surface area contributed by atoms with E-state index in [0.717, 1.165) is 52.1 Å². The highest BCUT2D eigenvalue weighted by atomic mass is 79.9. The van der Waals surface area contributed by atoms with Crippen molar-refractivity contribution in [3.63, 3.8) is 0 Å². The van der Waals surface area contributed by atoms with Crippen LogP contribution in [0, 0.1) is 0 Å². The predicted molar refractivity (Wildman–Crippen MR) is 324 cm³/mol. The number of halogens is 6. The second-order valence-corrected chi connectivity index (χ2v) is 23.5. The molecule has 0 spiro atoms. The molecule has 0 aliphatic carbocycles. The van der Waals surface area contributed by atoms with Gasteiger partial charge in [-0.1, -0.05) is 72.8 Å². The summed E-state index contributed by atoms with van der Waals surface area (Å²) in [6, 6.07) is 55.0. The van der Waals surface area contributed by atoms with Gasteiger partial charge >= 0.3 is 0 Å². The molecule has 6 heterocycles. The van der Waals surface area contributed by atoms with Crippen molar-refractivity contribution >= 4 is 66.2 Å². The van der Waals surface area contributed by atoms with E-state index in [4.69, 9.17) is 0 Å². The SMILES string of the molecule is CC(C)n1c[n+](CCC[n+]2cn(C(C)C)c3ccccc32)c2ccccc21.CC(C)n1c[n+](CCC[n+]2cn(C(C)C)c3ccccc32)c2ccccc21.CC(C)n1c[n+](CC[n+]2cn(C(C)C)c3ccccc32)c2ccccc21.[Br-].[Br-].[Br-].[Br-].[Br-].[Br-]. The molecule has 12 nitrogen and oxygen atoms in total. The van der Waals surface area contributed by atoms with Crippen LogP contribution in [0.2, 0.25) is 0 Å². The number of imidazole rings is 6. The van der Waals surface area contributed by atoms with Crippen LogP contribution < -0.4 is 129 Å². The van der Waals surface area contributed by atoms with Gasteiger partial charge in [-0.2, -0.15) is 0 Å². The maximum atomic E-state index is 2.40. The van der Waals surface area contributed by atoms with Gasteiger partial charge in [0.1, 0.15) is 13.1 Å². The molecule has 462 valence electrons. The molecule has 0 radical (unpaired) electrons. The number of para-hydroxylation sites is 12. The number of aryl methyl sites for hydroxylation is 6. The Morgan fingerprint density at radius 2 is 0.360 bits per heavy atom. The lowest BCUT2D eigenvalue weighted by Gasteiger charge is -2.00. The average molecular weight is 1550 g/mol. The van der Waals surface area contributed by atoms with E-state index in [1.54, 1.807) is 0 Å². The lowest BCUT2D eigenvalue weighted by Crippen LogP contribution is -3.00. The van der Waals surface area contributed by atoms with E-state index in [9.17, 15) is 0 Å². The summed E-state index contributed by atoms with van der Waals surface area (Å²) in [6.07, 6.45) is 15.8. The van der Waals surface area contributed by atoms with Crippen LogP contribution in [0.3, 0.4) is 0 Å². The third kappa shape index (κ3) is 15.9. The second-order valence-electron chi connectivity index (χ2n) is 23.5. The van der Waals surface area contributed by atoms with Crippen molar-refractivity contribution in [2.45, 2.75) is 171 Å². The van der Waals surface area contributed by atoms with Gasteiger partial charge in [-0.25, -0.2) is 54.8 Å². The fraction of sp³-hybridized carbons (Fsp3) is 0.382. The van der Waals surface area contributed by atoms with E-state index < -0.39 is 0 Å². The molecule has 0 N–H and O–H groups in total. The Morgan fingerprint density at radius 1 is 0.221 bits per heavy atom. The minimum absolute atomic E-state index is 0. The van der Waals surface area contributed by atoms with E-state index in [1.165, 1.54) is 66.2 Å². The normalized spacial score (nSPS) is 11.2. The summed E-state index contributed by atoms with van der Waals surface area (Å²) in [7, 11) is 0. The summed E-state index contributed by atoms with van der Waals surface area (Å²) in [5.41, 5.74) is 15.8. The summed E-state index contributed by atoms with van der Waals surface area (Å²) in [5.74, 6) is 0. The van der Waals surface area contributed by atoms with Crippen LogP contribution in [-0.4, -0.2) is 27.4 Å². The molecule has 0 saturated carbocycles. The van der Waals surface area contributed by atoms with E-state index in [-0.39, 0.29) is 102 Å². The Hall–Kier alpha value is -4.98. The quantitative estimate of drug-likeness (QED) is 0.0822. The van der Waals surface area contributed by atoms with E-state index in [1.807, 2.05) is 0 Å². The highest BCUT2D eigenvalue weighted by Gasteiger charge is 2.24. The lowest BCUT2D eigenvalue weighted by atomic mass is 10.3. The van der Waals surface area contributed by atoms with Gasteiger partial charge < -0.3 is 102 Å². The minimum Gasteiger partial charge on any atom is -1.00 e. The molecule has 12 aromatic rings. The molecule has 0 aliphatic rings. The number of hydrogen-bond donors (Lipinski definition) is 0. The monoisotopic (exact) mass is 1550 g/mol. The Labute approximate surface area is 572 Å². The number of hydrogen-bond acceptors (Lipinski definition) is 0. The van der Waals surface area contributed by atoms with Crippen LogP contribution in [0.5, 0.6) is 0 Å². The van der Waals surface area contributed by atoms with Gasteiger partial charge in [-0.15, -0.1) is 0 Å². The van der Waals surface area contributed by atoms with Gasteiger partial charge in [-0.05, 0) is 156 Å². The van der Waals surface area contributed by atoms with Gasteiger partial charge in [0.2, 0.25) is 38.0 Å². The molecule has 0 bridgehead atoms. The molecule has 6 aromatic carbocycles. The van der Waals surface area contributed by atoms with Crippen LogP contribution in [0.1, 0.15) is 132 Å². The number of aromatic nitrogens is 12. The van der Waals surface area contributed by atoms with Crippen molar-refractivity contribution in [1.82, 2.24) is 27.4 Å². The van der Waals surface area contributed by atoms with E-state index >= 15 is 0 Å². The smallest absolute Gasteiger partial charge is 0.245 e. The molecule has 0 saturated heterocycles. The summed E-state index contributed by atoms with van der Waals surface area (Å²) >= 11 is 0. The highest BCUT2D eigenvalue weighted by Crippen LogP contribution is 2.22.